The third-order valence-corrected chi connectivity index (χ3v) is 5.26. The molecule has 0 spiro atoms. The Balaban J connectivity index is 2.02. The number of hydrogen-bond donors (Lipinski definition) is 2. The van der Waals surface area contributed by atoms with E-state index in [4.69, 9.17) is 5.11 Å². The summed E-state index contributed by atoms with van der Waals surface area (Å²) in [4.78, 5) is 25.0. The van der Waals surface area contributed by atoms with Crippen molar-refractivity contribution in [3.05, 3.63) is 35.4 Å². The first-order valence-corrected chi connectivity index (χ1v) is 8.97. The summed E-state index contributed by atoms with van der Waals surface area (Å²) in [5.41, 5.74) is 2.06. The van der Waals surface area contributed by atoms with Gasteiger partial charge in [0.25, 0.3) is 0 Å². The van der Waals surface area contributed by atoms with Crippen LogP contribution in [0.25, 0.3) is 0 Å². The predicted molar refractivity (Wildman–Crippen MR) is 94.1 cm³/mol. The highest BCUT2D eigenvalue weighted by Crippen LogP contribution is 2.38. The summed E-state index contributed by atoms with van der Waals surface area (Å²) in [7, 11) is 0. The molecule has 0 radical (unpaired) electrons. The highest BCUT2D eigenvalue weighted by molar-refractivity contribution is 5.82. The van der Waals surface area contributed by atoms with Crippen LogP contribution in [-0.4, -0.2) is 47.2 Å². The summed E-state index contributed by atoms with van der Waals surface area (Å²) in [6, 6.07) is 6.59. The molecule has 1 amide bonds. The van der Waals surface area contributed by atoms with Crippen molar-refractivity contribution < 1.29 is 27.9 Å². The molecule has 1 heterocycles. The van der Waals surface area contributed by atoms with Crippen molar-refractivity contribution in [3.8, 4) is 0 Å². The van der Waals surface area contributed by atoms with Crippen molar-refractivity contribution in [3.63, 3.8) is 0 Å². The maximum Gasteiger partial charge on any atom is 0.393 e. The number of nitrogens with one attached hydrogen (secondary N) is 1. The Morgan fingerprint density at radius 2 is 1.81 bits per heavy atom. The second-order valence-electron chi connectivity index (χ2n) is 7.05. The molecule has 1 aliphatic rings. The monoisotopic (exact) mass is 386 g/mol. The van der Waals surface area contributed by atoms with Crippen LogP contribution in [0.3, 0.4) is 0 Å². The van der Waals surface area contributed by atoms with Crippen LogP contribution >= 0.6 is 0 Å². The predicted octanol–water partition coefficient (Wildman–Crippen LogP) is 3.01. The van der Waals surface area contributed by atoms with Gasteiger partial charge in [-0.3, -0.25) is 14.5 Å². The number of aryl methyl sites for hydroxylation is 1. The second kappa shape index (κ2) is 8.29. The topological polar surface area (TPSA) is 69.6 Å². The van der Waals surface area contributed by atoms with E-state index in [9.17, 15) is 22.8 Å². The van der Waals surface area contributed by atoms with Gasteiger partial charge in [0.1, 0.15) is 0 Å². The number of amides is 1. The van der Waals surface area contributed by atoms with Crippen LogP contribution < -0.4 is 5.32 Å². The highest BCUT2D eigenvalue weighted by atomic mass is 19.4. The number of carbonyl (C=O) groups is 2. The van der Waals surface area contributed by atoms with Crippen molar-refractivity contribution in [1.29, 1.82) is 0 Å². The Labute approximate surface area is 156 Å². The molecule has 8 heteroatoms. The van der Waals surface area contributed by atoms with Crippen LogP contribution in [0.5, 0.6) is 0 Å². The molecular formula is C19H25F3N2O3. The summed E-state index contributed by atoms with van der Waals surface area (Å²) in [5, 5.41) is 11.9. The molecule has 2 unspecified atom stereocenters. The lowest BCUT2D eigenvalue weighted by atomic mass is 9.96. The number of hydrogen-bond acceptors (Lipinski definition) is 3. The van der Waals surface area contributed by atoms with Crippen LogP contribution in [0.15, 0.2) is 24.3 Å². The summed E-state index contributed by atoms with van der Waals surface area (Å²) < 4.78 is 39.3. The zero-order chi connectivity index (χ0) is 20.4. The molecule has 1 aromatic rings. The van der Waals surface area contributed by atoms with Gasteiger partial charge in [0.15, 0.2) is 0 Å². The number of aliphatic carboxylic acids is 1. The number of carboxylic acids is 1. The quantitative estimate of drug-likeness (QED) is 0.789. The molecule has 1 aliphatic heterocycles. The molecule has 1 fully saturated rings. The third kappa shape index (κ3) is 5.00. The van der Waals surface area contributed by atoms with Gasteiger partial charge in [0, 0.05) is 13.1 Å². The number of carboxylic acid groups (broad SMARTS) is 1. The molecule has 150 valence electrons. The van der Waals surface area contributed by atoms with E-state index in [1.165, 1.54) is 17.4 Å². The zero-order valence-corrected chi connectivity index (χ0v) is 15.6. The molecule has 0 aromatic heterocycles. The van der Waals surface area contributed by atoms with Crippen LogP contribution in [0.1, 0.15) is 37.9 Å². The molecule has 2 N–H and O–H groups in total. The lowest BCUT2D eigenvalue weighted by Crippen LogP contribution is -2.45. The minimum Gasteiger partial charge on any atom is -0.481 e. The average Bonchev–Trinajstić information content (AvgIpc) is 3.07. The SMILES string of the molecule is CCc1ccc(C(C)NC(=O)C(C)N2C[C@@H](C(F)(F)F)[C@H](C(=O)O)C2)cc1. The second-order valence-corrected chi connectivity index (χ2v) is 7.05. The van der Waals surface area contributed by atoms with Gasteiger partial charge in [0.05, 0.1) is 23.9 Å². The van der Waals surface area contributed by atoms with E-state index in [0.717, 1.165) is 12.0 Å². The summed E-state index contributed by atoms with van der Waals surface area (Å²) in [6.45, 7) is 4.55. The Bertz CT molecular complexity index is 676. The Hall–Kier alpha value is -2.09. The first-order valence-electron chi connectivity index (χ1n) is 8.97. The fourth-order valence-corrected chi connectivity index (χ4v) is 3.36. The van der Waals surface area contributed by atoms with Gasteiger partial charge in [-0.05, 0) is 31.4 Å². The minimum atomic E-state index is -4.61. The normalized spacial score (nSPS) is 23.0. The van der Waals surface area contributed by atoms with Crippen LogP contribution in [0.2, 0.25) is 0 Å². The van der Waals surface area contributed by atoms with E-state index in [0.29, 0.717) is 0 Å². The largest absolute Gasteiger partial charge is 0.481 e. The lowest BCUT2D eigenvalue weighted by molar-refractivity contribution is -0.188. The Kier molecular flexibility index (Phi) is 6.51. The van der Waals surface area contributed by atoms with E-state index in [-0.39, 0.29) is 12.6 Å². The fraction of sp³-hybridized carbons (Fsp3) is 0.579. The number of likely N-dealkylation sites (tertiary alicyclic amines) is 1. The average molecular weight is 386 g/mol. The third-order valence-electron chi connectivity index (χ3n) is 5.26. The molecule has 1 aromatic carbocycles. The van der Waals surface area contributed by atoms with Gasteiger partial charge in [-0.25, -0.2) is 0 Å². The van der Waals surface area contributed by atoms with E-state index < -0.39 is 42.5 Å². The number of alkyl halides is 3. The van der Waals surface area contributed by atoms with Crippen molar-refractivity contribution >= 4 is 11.9 Å². The van der Waals surface area contributed by atoms with Crippen molar-refractivity contribution in [2.24, 2.45) is 11.8 Å². The van der Waals surface area contributed by atoms with Gasteiger partial charge in [-0.2, -0.15) is 13.2 Å². The van der Waals surface area contributed by atoms with Gasteiger partial charge in [-0.1, -0.05) is 31.2 Å². The first kappa shape index (κ1) is 21.2. The molecule has 0 bridgehead atoms. The Morgan fingerprint density at radius 1 is 1.22 bits per heavy atom. The number of benzene rings is 1. The maximum atomic E-state index is 13.1. The van der Waals surface area contributed by atoms with E-state index >= 15 is 0 Å². The van der Waals surface area contributed by atoms with Crippen LogP contribution in [0.4, 0.5) is 13.2 Å². The zero-order valence-electron chi connectivity index (χ0n) is 15.6. The molecule has 4 atom stereocenters. The van der Waals surface area contributed by atoms with Gasteiger partial charge < -0.3 is 10.4 Å². The van der Waals surface area contributed by atoms with E-state index in [2.05, 4.69) is 5.32 Å². The smallest absolute Gasteiger partial charge is 0.393 e. The number of carbonyl (C=O) groups excluding carboxylic acids is 1. The van der Waals surface area contributed by atoms with Gasteiger partial charge in [-0.15, -0.1) is 0 Å². The number of halogens is 3. The first-order chi connectivity index (χ1) is 12.5. The highest BCUT2D eigenvalue weighted by Gasteiger charge is 2.53. The molecule has 0 saturated carbocycles. The molecule has 27 heavy (non-hydrogen) atoms. The van der Waals surface area contributed by atoms with Crippen LogP contribution in [-0.2, 0) is 16.0 Å². The van der Waals surface area contributed by atoms with Crippen LogP contribution in [0, 0.1) is 11.8 Å². The molecule has 2 rings (SSSR count). The van der Waals surface area contributed by atoms with E-state index in [1.54, 1.807) is 6.92 Å². The van der Waals surface area contributed by atoms with Crippen molar-refractivity contribution in [2.75, 3.05) is 13.1 Å². The molecule has 1 saturated heterocycles. The minimum absolute atomic E-state index is 0.298. The summed E-state index contributed by atoms with van der Waals surface area (Å²) in [6.07, 6.45) is -3.71. The molecule has 0 aliphatic carbocycles. The molecule has 5 nitrogen and oxygen atoms in total. The Morgan fingerprint density at radius 3 is 2.26 bits per heavy atom. The summed E-state index contributed by atoms with van der Waals surface area (Å²) in [5.74, 6) is -5.44. The van der Waals surface area contributed by atoms with E-state index in [1.807, 2.05) is 31.2 Å². The van der Waals surface area contributed by atoms with Crippen molar-refractivity contribution in [2.45, 2.75) is 45.5 Å². The number of nitrogens with zero attached hydrogens (tertiary/aromatic N) is 1. The lowest BCUT2D eigenvalue weighted by Gasteiger charge is -2.25. The summed E-state index contributed by atoms with van der Waals surface area (Å²) >= 11 is 0. The fourth-order valence-electron chi connectivity index (χ4n) is 3.36. The van der Waals surface area contributed by atoms with Gasteiger partial charge in [0.2, 0.25) is 5.91 Å². The standard InChI is InChI=1S/C19H25F3N2O3/c1-4-13-5-7-14(8-6-13)11(2)23-17(25)12(3)24-9-15(18(26)27)16(10-24)19(20,21)22/h5-8,11-12,15-16H,4,9-10H2,1-3H3,(H,23,25)(H,26,27)/t11?,12?,15-,16-/m1/s1. The van der Waals surface area contributed by atoms with Gasteiger partial charge >= 0.3 is 12.1 Å². The maximum absolute atomic E-state index is 13.1. The number of rotatable bonds is 6. The molecular weight excluding hydrogens is 361 g/mol. The van der Waals surface area contributed by atoms with Crippen molar-refractivity contribution in [1.82, 2.24) is 10.2 Å².